The van der Waals surface area contributed by atoms with Gasteiger partial charge in [-0.1, -0.05) is 0 Å². The number of rotatable bonds is 17. The van der Waals surface area contributed by atoms with E-state index in [2.05, 4.69) is 23.8 Å². The van der Waals surface area contributed by atoms with Gasteiger partial charge in [-0.2, -0.15) is 0 Å². The zero-order valence-electron chi connectivity index (χ0n) is 26.5. The number of hydrogen-bond donors (Lipinski definition) is 0. The molecule has 12 heteroatoms. The molecule has 1 atom stereocenters. The first kappa shape index (κ1) is 33.2. The third-order valence-corrected chi connectivity index (χ3v) is 9.10. The molecule has 1 saturated heterocycles. The zero-order chi connectivity index (χ0) is 30.8. The van der Waals surface area contributed by atoms with Crippen molar-refractivity contribution in [2.45, 2.75) is 71.0 Å². The van der Waals surface area contributed by atoms with Crippen LogP contribution in [0.2, 0.25) is 0 Å². The maximum absolute atomic E-state index is 14.0. The summed E-state index contributed by atoms with van der Waals surface area (Å²) in [5.74, 6) is 2.07. The van der Waals surface area contributed by atoms with E-state index in [0.717, 1.165) is 44.5 Å². The molecule has 2 amide bonds. The Morgan fingerprint density at radius 2 is 1.98 bits per heavy atom. The first-order valence-corrected chi connectivity index (χ1v) is 18.4. The van der Waals surface area contributed by atoms with E-state index in [-0.39, 0.29) is 25.0 Å². The van der Waals surface area contributed by atoms with Gasteiger partial charge in [-0.3, -0.25) is 19.1 Å². The van der Waals surface area contributed by atoms with Crippen LogP contribution in [0.15, 0.2) is 18.3 Å². The highest BCUT2D eigenvalue weighted by Gasteiger charge is 2.29. The van der Waals surface area contributed by atoms with E-state index >= 15 is 0 Å². The van der Waals surface area contributed by atoms with Crippen molar-refractivity contribution in [3.8, 4) is 17.3 Å². The number of carbonyl (C=O) groups excluding carboxylic acids is 2. The molecule has 11 nitrogen and oxygen atoms in total. The normalized spacial score (nSPS) is 17.7. The lowest BCUT2D eigenvalue weighted by molar-refractivity contribution is -0.162. The molecule has 2 fully saturated rings. The summed E-state index contributed by atoms with van der Waals surface area (Å²) in [4.78, 5) is 38.6. The van der Waals surface area contributed by atoms with Crippen molar-refractivity contribution >= 4 is 28.2 Å². The van der Waals surface area contributed by atoms with Crippen molar-refractivity contribution < 1.29 is 28.5 Å². The molecule has 1 aliphatic carbocycles. The van der Waals surface area contributed by atoms with Gasteiger partial charge in [-0.25, -0.2) is 20.0 Å². The Labute approximate surface area is 257 Å². The monoisotopic (exact) mass is 619 g/mol. The van der Waals surface area contributed by atoms with Crippen LogP contribution < -0.4 is 9.64 Å². The van der Waals surface area contributed by atoms with E-state index in [1.54, 1.807) is 22.7 Å². The maximum Gasteiger partial charge on any atom is 0.274 e. The van der Waals surface area contributed by atoms with Crippen molar-refractivity contribution in [3.05, 3.63) is 24.0 Å². The summed E-state index contributed by atoms with van der Waals surface area (Å²) in [6.45, 7) is 4.58. The largest absolute Gasteiger partial charge is 0.474 e. The number of hydrogen-bond acceptors (Lipinski definition) is 8. The van der Waals surface area contributed by atoms with Gasteiger partial charge in [-0.15, -0.1) is 0 Å². The van der Waals surface area contributed by atoms with E-state index in [9.17, 15) is 9.59 Å². The van der Waals surface area contributed by atoms with Gasteiger partial charge >= 0.3 is 0 Å². The molecule has 3 heterocycles. The second-order valence-corrected chi connectivity index (χ2v) is 16.7. The average molecular weight is 620 g/mol. The van der Waals surface area contributed by atoms with E-state index in [1.807, 2.05) is 19.1 Å². The second-order valence-electron chi connectivity index (χ2n) is 12.1. The van der Waals surface area contributed by atoms with Gasteiger partial charge in [0.05, 0.1) is 13.2 Å². The highest BCUT2D eigenvalue weighted by molar-refractivity contribution is 8.32. The Morgan fingerprint density at radius 3 is 2.58 bits per heavy atom. The quantitative estimate of drug-likeness (QED) is 0.188. The highest BCUT2D eigenvalue weighted by Crippen LogP contribution is 2.34. The third-order valence-electron chi connectivity index (χ3n) is 7.71. The van der Waals surface area contributed by atoms with Crippen molar-refractivity contribution in [2.24, 2.45) is 0 Å². The van der Waals surface area contributed by atoms with Crippen LogP contribution in [0.25, 0.3) is 11.4 Å². The topological polar surface area (TPSA) is 108 Å². The second kappa shape index (κ2) is 15.9. The summed E-state index contributed by atoms with van der Waals surface area (Å²) in [6.07, 6.45) is 16.2. The summed E-state index contributed by atoms with van der Waals surface area (Å²) in [5.41, 5.74) is 1.01. The van der Waals surface area contributed by atoms with Crippen LogP contribution in [0, 0.1) is 0 Å². The summed E-state index contributed by atoms with van der Waals surface area (Å²) >= 11 is 0. The molecule has 2 aromatic rings. The number of pyridine rings is 1. The molecule has 0 spiro atoms. The zero-order valence-corrected chi connectivity index (χ0v) is 27.3. The lowest BCUT2D eigenvalue weighted by Crippen LogP contribution is -2.33. The molecule has 4 rings (SSSR count). The SMILES string of the molecule is CCN(C=O)c1nc(-c2ccc(OC3CCC3)nc2)n(COCCS(C)(C)C)c1C(=O)N(C)CCCOC1CCCCO1. The molecule has 0 aromatic carbocycles. The molecular formula is C31H49N5O6S. The van der Waals surface area contributed by atoms with Gasteiger partial charge in [0, 0.05) is 50.3 Å². The van der Waals surface area contributed by atoms with E-state index in [1.165, 1.54) is 11.3 Å². The first-order chi connectivity index (χ1) is 20.7. The Kier molecular flexibility index (Phi) is 12.3. The molecule has 2 aromatic heterocycles. The van der Waals surface area contributed by atoms with Crippen LogP contribution in [0.3, 0.4) is 0 Å². The summed E-state index contributed by atoms with van der Waals surface area (Å²) in [7, 11) is 1.00. The van der Waals surface area contributed by atoms with Crippen LogP contribution in [-0.2, 0) is 25.7 Å². The number of anilines is 1. The van der Waals surface area contributed by atoms with Crippen molar-refractivity contribution in [1.82, 2.24) is 19.4 Å². The number of carbonyl (C=O) groups is 2. The van der Waals surface area contributed by atoms with Gasteiger partial charge in [0.2, 0.25) is 12.3 Å². The van der Waals surface area contributed by atoms with Crippen LogP contribution in [0.5, 0.6) is 5.88 Å². The fourth-order valence-corrected chi connectivity index (χ4v) is 5.44. The number of ether oxygens (including phenoxy) is 4. The molecule has 1 aliphatic heterocycles. The van der Waals surface area contributed by atoms with E-state index in [4.69, 9.17) is 23.9 Å². The summed E-state index contributed by atoms with van der Waals surface area (Å²) < 4.78 is 25.4. The molecule has 1 saturated carbocycles. The third kappa shape index (κ3) is 9.41. The van der Waals surface area contributed by atoms with Crippen LogP contribution in [0.1, 0.15) is 62.4 Å². The molecule has 0 radical (unpaired) electrons. The first-order valence-electron chi connectivity index (χ1n) is 15.4. The molecule has 240 valence electrons. The molecule has 0 bridgehead atoms. The Bertz CT molecular complexity index is 1170. The van der Waals surface area contributed by atoms with Crippen LogP contribution in [-0.4, -0.2) is 109 Å². The predicted molar refractivity (Wildman–Crippen MR) is 170 cm³/mol. The fourth-order valence-electron chi connectivity index (χ4n) is 4.82. The number of amides is 2. The minimum atomic E-state index is -0.755. The highest BCUT2D eigenvalue weighted by atomic mass is 32.3. The Hall–Kier alpha value is -2.67. The van der Waals surface area contributed by atoms with Crippen LogP contribution >= 0.6 is 10.0 Å². The van der Waals surface area contributed by atoms with Crippen molar-refractivity contribution in [2.75, 3.05) is 69.4 Å². The van der Waals surface area contributed by atoms with Crippen molar-refractivity contribution in [3.63, 3.8) is 0 Å². The Morgan fingerprint density at radius 1 is 1.16 bits per heavy atom. The molecule has 0 N–H and O–H groups in total. The van der Waals surface area contributed by atoms with E-state index in [0.29, 0.717) is 67.9 Å². The molecule has 43 heavy (non-hydrogen) atoms. The number of nitrogens with zero attached hydrogens (tertiary/aromatic N) is 5. The molecule has 2 aliphatic rings. The minimum Gasteiger partial charge on any atom is -0.474 e. The predicted octanol–water partition coefficient (Wildman–Crippen LogP) is 4.53. The average Bonchev–Trinajstić information content (AvgIpc) is 3.34. The lowest BCUT2D eigenvalue weighted by Gasteiger charge is -2.26. The molecule has 1 unspecified atom stereocenters. The van der Waals surface area contributed by atoms with Crippen molar-refractivity contribution in [1.29, 1.82) is 0 Å². The van der Waals surface area contributed by atoms with E-state index < -0.39 is 10.0 Å². The summed E-state index contributed by atoms with van der Waals surface area (Å²) in [5, 5.41) is 0. The standard InChI is InChI=1S/C31H49N5O6S/c1-6-35(22-37)30-28(31(38)34(2)16-10-18-41-27-13-7-8-17-40-27)36(23-39-19-20-43(3,4)5)29(33-30)24-14-15-26(32-21-24)42-25-11-9-12-25/h14-15,21-22,25,27H,6-13,16-20,23H2,1-5H3. The number of imidazole rings is 1. The van der Waals surface area contributed by atoms with Crippen LogP contribution in [0.4, 0.5) is 5.82 Å². The van der Waals surface area contributed by atoms with Gasteiger partial charge < -0.3 is 23.8 Å². The molecular weight excluding hydrogens is 570 g/mol. The maximum atomic E-state index is 14.0. The Balaban J connectivity index is 1.58. The number of aromatic nitrogens is 3. The fraction of sp³-hybridized carbons (Fsp3) is 0.677. The van der Waals surface area contributed by atoms with Gasteiger partial charge in [-0.05, 0) is 76.7 Å². The smallest absolute Gasteiger partial charge is 0.274 e. The minimum absolute atomic E-state index is 0.117. The lowest BCUT2D eigenvalue weighted by atomic mass is 9.96. The van der Waals surface area contributed by atoms with Gasteiger partial charge in [0.1, 0.15) is 18.7 Å². The van der Waals surface area contributed by atoms with Gasteiger partial charge in [0.15, 0.2) is 17.8 Å². The summed E-state index contributed by atoms with van der Waals surface area (Å²) in [6, 6.07) is 3.72. The van der Waals surface area contributed by atoms with Gasteiger partial charge in [0.25, 0.3) is 5.91 Å².